The fraction of sp³-hybridized carbons (Fsp3) is 0.944. The maximum absolute atomic E-state index is 13.0. The van der Waals surface area contributed by atoms with Gasteiger partial charge in [-0.3, -0.25) is 4.79 Å². The van der Waals surface area contributed by atoms with Gasteiger partial charge in [0, 0.05) is 11.4 Å². The Morgan fingerprint density at radius 3 is 2.33 bits per heavy atom. The third-order valence-electron chi connectivity index (χ3n) is 6.19. The largest absolute Gasteiger partial charge is 0.354 e. The van der Waals surface area contributed by atoms with E-state index in [9.17, 15) is 4.79 Å². The Bertz CT molecular complexity index is 417. The minimum absolute atomic E-state index is 0.0537. The van der Waals surface area contributed by atoms with Crippen LogP contribution >= 0.6 is 15.9 Å². The molecule has 4 saturated carbocycles. The molecule has 120 valence electrons. The van der Waals surface area contributed by atoms with Crippen molar-refractivity contribution in [2.75, 3.05) is 6.54 Å². The van der Waals surface area contributed by atoms with E-state index in [4.69, 9.17) is 0 Å². The first-order valence-electron chi connectivity index (χ1n) is 8.71. The van der Waals surface area contributed by atoms with Crippen LogP contribution in [0.1, 0.15) is 72.1 Å². The summed E-state index contributed by atoms with van der Waals surface area (Å²) < 4.78 is 0. The lowest BCUT2D eigenvalue weighted by Gasteiger charge is -2.64. The summed E-state index contributed by atoms with van der Waals surface area (Å²) in [5.41, 5.74) is 0.785. The zero-order valence-corrected chi connectivity index (χ0v) is 15.4. The van der Waals surface area contributed by atoms with E-state index in [0.717, 1.165) is 44.6 Å². The molecule has 0 aliphatic heterocycles. The van der Waals surface area contributed by atoms with Crippen molar-refractivity contribution >= 4 is 21.8 Å². The molecule has 3 unspecified atom stereocenters. The Balaban J connectivity index is 1.71. The number of hydrogen-bond donors (Lipinski definition) is 1. The van der Waals surface area contributed by atoms with Crippen molar-refractivity contribution in [3.8, 4) is 0 Å². The molecule has 1 N–H and O–H groups in total. The van der Waals surface area contributed by atoms with E-state index in [1.807, 2.05) is 0 Å². The zero-order valence-electron chi connectivity index (χ0n) is 13.8. The first-order valence-corrected chi connectivity index (χ1v) is 9.62. The number of amides is 1. The molecule has 0 saturated heterocycles. The average Bonchev–Trinajstić information content (AvgIpc) is 2.31. The van der Waals surface area contributed by atoms with Gasteiger partial charge < -0.3 is 5.32 Å². The Kier molecular flexibility index (Phi) is 3.96. The molecule has 4 fully saturated rings. The van der Waals surface area contributed by atoms with Crippen LogP contribution in [-0.4, -0.2) is 17.3 Å². The molecule has 4 bridgehead atoms. The van der Waals surface area contributed by atoms with Crippen LogP contribution in [0.3, 0.4) is 0 Å². The van der Waals surface area contributed by atoms with Crippen LogP contribution in [0.15, 0.2) is 0 Å². The number of halogens is 1. The van der Waals surface area contributed by atoms with Crippen molar-refractivity contribution in [1.29, 1.82) is 0 Å². The standard InChI is InChI=1S/C18H30BrNO/c1-4-5-14(19)9-20-15(21)18-8-13-6-16(2,11-18)10-17(3,7-13)12-18/h13-14H,4-12H2,1-3H3,(H,20,21). The molecule has 4 rings (SSSR count). The number of nitrogens with one attached hydrogen (secondary N) is 1. The summed E-state index contributed by atoms with van der Waals surface area (Å²) in [7, 11) is 0. The summed E-state index contributed by atoms with van der Waals surface area (Å²) in [6.45, 7) is 7.84. The summed E-state index contributed by atoms with van der Waals surface area (Å²) in [5, 5.41) is 3.27. The van der Waals surface area contributed by atoms with Gasteiger partial charge >= 0.3 is 0 Å². The van der Waals surface area contributed by atoms with Gasteiger partial charge in [-0.05, 0) is 61.7 Å². The summed E-state index contributed by atoms with van der Waals surface area (Å²) in [6, 6.07) is 0. The molecule has 2 nitrogen and oxygen atoms in total. The summed E-state index contributed by atoms with van der Waals surface area (Å²) in [6.07, 6.45) is 9.73. The number of carbonyl (C=O) groups is 1. The van der Waals surface area contributed by atoms with Crippen LogP contribution in [0.2, 0.25) is 0 Å². The molecule has 3 atom stereocenters. The highest BCUT2D eigenvalue weighted by molar-refractivity contribution is 9.09. The minimum Gasteiger partial charge on any atom is -0.354 e. The average molecular weight is 356 g/mol. The normalized spacial score (nSPS) is 45.6. The Hall–Kier alpha value is -0.0500. The summed E-state index contributed by atoms with van der Waals surface area (Å²) >= 11 is 3.68. The van der Waals surface area contributed by atoms with Crippen LogP contribution in [0.5, 0.6) is 0 Å². The minimum atomic E-state index is -0.0537. The number of hydrogen-bond acceptors (Lipinski definition) is 1. The van der Waals surface area contributed by atoms with E-state index in [0.29, 0.717) is 21.6 Å². The second kappa shape index (κ2) is 5.25. The van der Waals surface area contributed by atoms with Gasteiger partial charge in [-0.2, -0.15) is 0 Å². The van der Waals surface area contributed by atoms with Crippen molar-refractivity contribution in [1.82, 2.24) is 5.32 Å². The first kappa shape index (κ1) is 15.8. The number of alkyl halides is 1. The first-order chi connectivity index (χ1) is 9.78. The summed E-state index contributed by atoms with van der Waals surface area (Å²) in [4.78, 5) is 13.4. The van der Waals surface area contributed by atoms with Crippen molar-refractivity contribution in [2.24, 2.45) is 22.2 Å². The molecule has 0 aromatic heterocycles. The van der Waals surface area contributed by atoms with Crippen molar-refractivity contribution in [3.63, 3.8) is 0 Å². The van der Waals surface area contributed by atoms with Gasteiger partial charge in [0.15, 0.2) is 0 Å². The maximum atomic E-state index is 13.0. The molecular formula is C18H30BrNO. The van der Waals surface area contributed by atoms with Crippen molar-refractivity contribution in [2.45, 2.75) is 77.0 Å². The SMILES string of the molecule is CCCC(Br)CNC(=O)C12CC3CC(C)(CC(C)(C3)C1)C2. The van der Waals surface area contributed by atoms with Crippen LogP contribution < -0.4 is 5.32 Å². The third-order valence-corrected chi connectivity index (χ3v) is 6.98. The summed E-state index contributed by atoms with van der Waals surface area (Å²) in [5.74, 6) is 1.14. The van der Waals surface area contributed by atoms with Gasteiger partial charge in [0.2, 0.25) is 5.91 Å². The molecule has 4 aliphatic rings. The lowest BCUT2D eigenvalue weighted by Crippen LogP contribution is -2.60. The van der Waals surface area contributed by atoms with Crippen molar-refractivity contribution < 1.29 is 4.79 Å². The lowest BCUT2D eigenvalue weighted by molar-refractivity contribution is -0.170. The van der Waals surface area contributed by atoms with Gasteiger partial charge in [-0.25, -0.2) is 0 Å². The molecule has 1 amide bonds. The Morgan fingerprint density at radius 1 is 1.19 bits per heavy atom. The Labute approximate surface area is 138 Å². The van der Waals surface area contributed by atoms with Crippen LogP contribution in [0, 0.1) is 22.2 Å². The maximum Gasteiger partial charge on any atom is 0.226 e. The molecule has 0 heterocycles. The van der Waals surface area contributed by atoms with Crippen LogP contribution in [0.25, 0.3) is 0 Å². The highest BCUT2D eigenvalue weighted by Gasteiger charge is 2.62. The molecular weight excluding hydrogens is 326 g/mol. The highest BCUT2D eigenvalue weighted by Crippen LogP contribution is 2.69. The smallest absolute Gasteiger partial charge is 0.226 e. The predicted molar refractivity (Wildman–Crippen MR) is 90.5 cm³/mol. The predicted octanol–water partition coefficient (Wildman–Crippen LogP) is 4.66. The van der Waals surface area contributed by atoms with E-state index in [1.54, 1.807) is 0 Å². The highest BCUT2D eigenvalue weighted by atomic mass is 79.9. The van der Waals surface area contributed by atoms with Gasteiger partial charge in [-0.1, -0.05) is 43.1 Å². The van der Waals surface area contributed by atoms with Gasteiger partial charge in [0.1, 0.15) is 0 Å². The van der Waals surface area contributed by atoms with Gasteiger partial charge in [0.05, 0.1) is 5.41 Å². The van der Waals surface area contributed by atoms with E-state index < -0.39 is 0 Å². The second-order valence-electron chi connectivity index (χ2n) is 9.01. The van der Waals surface area contributed by atoms with Crippen molar-refractivity contribution in [3.05, 3.63) is 0 Å². The molecule has 0 aromatic rings. The fourth-order valence-electron chi connectivity index (χ4n) is 6.51. The molecule has 4 aliphatic carbocycles. The third kappa shape index (κ3) is 2.92. The van der Waals surface area contributed by atoms with Crippen LogP contribution in [-0.2, 0) is 4.79 Å². The second-order valence-corrected chi connectivity index (χ2v) is 10.3. The number of rotatable bonds is 5. The zero-order chi connectivity index (χ0) is 15.3. The lowest BCUT2D eigenvalue weighted by atomic mass is 9.40. The molecule has 3 heteroatoms. The fourth-order valence-corrected chi connectivity index (χ4v) is 7.13. The van der Waals surface area contributed by atoms with Gasteiger partial charge in [-0.15, -0.1) is 0 Å². The monoisotopic (exact) mass is 355 g/mol. The van der Waals surface area contributed by atoms with Crippen LogP contribution in [0.4, 0.5) is 0 Å². The molecule has 0 spiro atoms. The van der Waals surface area contributed by atoms with E-state index in [2.05, 4.69) is 42.0 Å². The number of carbonyl (C=O) groups excluding carboxylic acids is 1. The molecule has 0 aromatic carbocycles. The van der Waals surface area contributed by atoms with Gasteiger partial charge in [0.25, 0.3) is 0 Å². The van der Waals surface area contributed by atoms with E-state index in [1.165, 1.54) is 19.3 Å². The quantitative estimate of drug-likeness (QED) is 0.713. The topological polar surface area (TPSA) is 29.1 Å². The molecule has 21 heavy (non-hydrogen) atoms. The Morgan fingerprint density at radius 2 is 1.81 bits per heavy atom. The van der Waals surface area contributed by atoms with E-state index >= 15 is 0 Å². The van der Waals surface area contributed by atoms with E-state index in [-0.39, 0.29) is 5.41 Å². The molecule has 0 radical (unpaired) electrons.